The van der Waals surface area contributed by atoms with Crippen LogP contribution in [0, 0.1) is 13.5 Å². The molecule has 0 fully saturated rings. The number of carbonyl (C=O) groups excluding carboxylic acids is 1. The van der Waals surface area contributed by atoms with Crippen LogP contribution in [0.3, 0.4) is 0 Å². The molecular formula is C30H25F3N7O2+. The Morgan fingerprint density at radius 3 is 2.38 bits per heavy atom. The number of imidazole rings is 1. The molecule has 2 aromatic carbocycles. The summed E-state index contributed by atoms with van der Waals surface area (Å²) >= 11 is 0. The highest BCUT2D eigenvalue weighted by Crippen LogP contribution is 2.32. The van der Waals surface area contributed by atoms with Gasteiger partial charge in [0.2, 0.25) is 0 Å². The predicted molar refractivity (Wildman–Crippen MR) is 149 cm³/mol. The van der Waals surface area contributed by atoms with Gasteiger partial charge in [-0.15, -0.1) is 0 Å². The molecule has 42 heavy (non-hydrogen) atoms. The van der Waals surface area contributed by atoms with Gasteiger partial charge in [0.15, 0.2) is 18.1 Å². The SMILES string of the molecule is [C-]#[N+]c1ccc(-n2nccc2-c2c(C)n(-c3cccc(C(F)(F)F)c3)c(=O)n2C(=O)N[C@H](C)c2cc[n+](C)cc2)cc1. The lowest BCUT2D eigenvalue weighted by atomic mass is 10.1. The quantitative estimate of drug-likeness (QED) is 0.223. The van der Waals surface area contributed by atoms with Crippen molar-refractivity contribution < 1.29 is 22.5 Å². The van der Waals surface area contributed by atoms with Crippen LogP contribution in [0.4, 0.5) is 23.7 Å². The van der Waals surface area contributed by atoms with Gasteiger partial charge in [-0.1, -0.05) is 18.2 Å². The molecule has 3 heterocycles. The van der Waals surface area contributed by atoms with Crippen molar-refractivity contribution in [2.24, 2.45) is 7.05 Å². The molecular weight excluding hydrogens is 547 g/mol. The summed E-state index contributed by atoms with van der Waals surface area (Å²) in [6, 6.07) is 14.9. The summed E-state index contributed by atoms with van der Waals surface area (Å²) in [4.78, 5) is 31.1. The molecule has 0 aliphatic rings. The van der Waals surface area contributed by atoms with Crippen molar-refractivity contribution in [3.8, 4) is 22.8 Å². The Labute approximate surface area is 238 Å². The first kappa shape index (κ1) is 28.1. The number of amides is 1. The summed E-state index contributed by atoms with van der Waals surface area (Å²) in [6.45, 7) is 10.5. The fourth-order valence-corrected chi connectivity index (χ4v) is 4.71. The molecule has 0 aliphatic heterocycles. The van der Waals surface area contributed by atoms with Crippen LogP contribution in [-0.2, 0) is 13.2 Å². The Balaban J connectivity index is 1.69. The normalized spacial score (nSPS) is 12.1. The van der Waals surface area contributed by atoms with Gasteiger partial charge in [-0.05, 0) is 55.8 Å². The monoisotopic (exact) mass is 572 g/mol. The van der Waals surface area contributed by atoms with E-state index >= 15 is 0 Å². The Kier molecular flexibility index (Phi) is 7.26. The smallest absolute Gasteiger partial charge is 0.331 e. The van der Waals surface area contributed by atoms with Crippen molar-refractivity contribution in [1.29, 1.82) is 0 Å². The lowest BCUT2D eigenvalue weighted by Gasteiger charge is -2.15. The third-order valence-electron chi connectivity index (χ3n) is 6.87. The Morgan fingerprint density at radius 1 is 1.05 bits per heavy atom. The van der Waals surface area contributed by atoms with Crippen molar-refractivity contribution in [3.63, 3.8) is 0 Å². The van der Waals surface area contributed by atoms with Crippen LogP contribution < -0.4 is 15.6 Å². The molecule has 0 saturated heterocycles. The summed E-state index contributed by atoms with van der Waals surface area (Å²) in [6.07, 6.45) is 0.496. The van der Waals surface area contributed by atoms with Gasteiger partial charge in [-0.3, -0.25) is 4.57 Å². The summed E-state index contributed by atoms with van der Waals surface area (Å²) in [5, 5.41) is 7.20. The van der Waals surface area contributed by atoms with Crippen molar-refractivity contribution in [2.75, 3.05) is 0 Å². The minimum absolute atomic E-state index is 0.0452. The van der Waals surface area contributed by atoms with Crippen molar-refractivity contribution in [2.45, 2.75) is 26.1 Å². The summed E-state index contributed by atoms with van der Waals surface area (Å²) < 4.78 is 46.0. The van der Waals surface area contributed by atoms with E-state index in [1.54, 1.807) is 44.2 Å². The zero-order valence-electron chi connectivity index (χ0n) is 22.8. The van der Waals surface area contributed by atoms with Gasteiger partial charge in [0, 0.05) is 12.1 Å². The van der Waals surface area contributed by atoms with Gasteiger partial charge in [0.05, 0.1) is 47.1 Å². The van der Waals surface area contributed by atoms with Crippen LogP contribution in [-0.4, -0.2) is 24.9 Å². The molecule has 0 bridgehead atoms. The predicted octanol–water partition coefficient (Wildman–Crippen LogP) is 5.51. The molecule has 5 aromatic rings. The molecule has 1 N–H and O–H groups in total. The van der Waals surface area contributed by atoms with Gasteiger partial charge in [-0.25, -0.2) is 28.3 Å². The Bertz CT molecular complexity index is 1880. The number of benzene rings is 2. The fraction of sp³-hybridized carbons (Fsp3) is 0.167. The number of aromatic nitrogens is 5. The number of carbonyl (C=O) groups is 1. The molecule has 0 saturated carbocycles. The van der Waals surface area contributed by atoms with Crippen LogP contribution in [0.2, 0.25) is 0 Å². The van der Waals surface area contributed by atoms with E-state index in [9.17, 15) is 22.8 Å². The molecule has 0 unspecified atom stereocenters. The van der Waals surface area contributed by atoms with Gasteiger partial charge in [0.1, 0.15) is 12.7 Å². The molecule has 0 aliphatic carbocycles. The van der Waals surface area contributed by atoms with E-state index in [1.165, 1.54) is 23.0 Å². The number of hydrogen-bond donors (Lipinski definition) is 1. The highest BCUT2D eigenvalue weighted by molar-refractivity contribution is 5.83. The number of halogens is 3. The van der Waals surface area contributed by atoms with Crippen LogP contribution in [0.1, 0.15) is 29.8 Å². The number of nitrogens with zero attached hydrogens (tertiary/aromatic N) is 6. The number of alkyl halides is 3. The molecule has 9 nitrogen and oxygen atoms in total. The van der Waals surface area contributed by atoms with Crippen LogP contribution in [0.5, 0.6) is 0 Å². The first-order valence-electron chi connectivity index (χ1n) is 12.8. The first-order chi connectivity index (χ1) is 20.0. The van der Waals surface area contributed by atoms with Gasteiger partial charge >= 0.3 is 17.9 Å². The zero-order valence-corrected chi connectivity index (χ0v) is 22.8. The fourth-order valence-electron chi connectivity index (χ4n) is 4.71. The van der Waals surface area contributed by atoms with E-state index in [0.717, 1.165) is 26.8 Å². The second kappa shape index (κ2) is 10.9. The standard InChI is InChI=1S/C30H24F3N7O2/c1-19(21-13-16-37(4)17-14-21)36-28(41)39-27(26-12-15-35-40(26)24-10-8-23(34-3)9-11-24)20(2)38(29(39)42)25-7-5-6-22(18-25)30(31,32)33/h5-19H,1-2,4H3/p+1/t19-/m1/s1. The average Bonchev–Trinajstić information content (AvgIpc) is 3.54. The maximum Gasteiger partial charge on any atom is 0.416 e. The lowest BCUT2D eigenvalue weighted by Crippen LogP contribution is -2.38. The molecule has 0 radical (unpaired) electrons. The van der Waals surface area contributed by atoms with E-state index < -0.39 is 29.5 Å². The number of rotatable bonds is 5. The summed E-state index contributed by atoms with van der Waals surface area (Å²) in [7, 11) is 1.86. The van der Waals surface area contributed by atoms with Crippen LogP contribution in [0.25, 0.3) is 27.6 Å². The Hall–Kier alpha value is -5.44. The van der Waals surface area contributed by atoms with Gasteiger partial charge in [-0.2, -0.15) is 18.3 Å². The second-order valence-electron chi connectivity index (χ2n) is 9.66. The molecule has 5 rings (SSSR count). The van der Waals surface area contributed by atoms with E-state index in [2.05, 4.69) is 15.3 Å². The molecule has 1 amide bonds. The second-order valence-corrected chi connectivity index (χ2v) is 9.66. The highest BCUT2D eigenvalue weighted by Gasteiger charge is 2.32. The minimum Gasteiger partial charge on any atom is -0.331 e. The van der Waals surface area contributed by atoms with Gasteiger partial charge in [0.25, 0.3) is 0 Å². The molecule has 1 atom stereocenters. The topological polar surface area (TPSA) is 82.1 Å². The van der Waals surface area contributed by atoms with E-state index in [-0.39, 0.29) is 17.1 Å². The van der Waals surface area contributed by atoms with Crippen molar-refractivity contribution >= 4 is 11.7 Å². The van der Waals surface area contributed by atoms with Crippen molar-refractivity contribution in [3.05, 3.63) is 124 Å². The highest BCUT2D eigenvalue weighted by atomic mass is 19.4. The average molecular weight is 573 g/mol. The largest absolute Gasteiger partial charge is 0.416 e. The number of pyridine rings is 1. The molecule has 212 valence electrons. The summed E-state index contributed by atoms with van der Waals surface area (Å²) in [5.74, 6) is 0. The van der Waals surface area contributed by atoms with Crippen LogP contribution >= 0.6 is 0 Å². The van der Waals surface area contributed by atoms with Gasteiger partial charge < -0.3 is 5.32 Å². The van der Waals surface area contributed by atoms with E-state index in [1.807, 2.05) is 36.1 Å². The molecule has 12 heteroatoms. The van der Waals surface area contributed by atoms with E-state index in [0.29, 0.717) is 17.1 Å². The minimum atomic E-state index is -4.63. The maximum atomic E-state index is 13.9. The lowest BCUT2D eigenvalue weighted by molar-refractivity contribution is -0.671. The number of aryl methyl sites for hydroxylation is 1. The number of hydrogen-bond acceptors (Lipinski definition) is 3. The summed E-state index contributed by atoms with van der Waals surface area (Å²) in [5.41, 5.74) is 0.661. The Morgan fingerprint density at radius 2 is 1.74 bits per heavy atom. The maximum absolute atomic E-state index is 13.9. The van der Waals surface area contributed by atoms with Crippen molar-refractivity contribution in [1.82, 2.24) is 24.2 Å². The third kappa shape index (κ3) is 5.19. The van der Waals surface area contributed by atoms with Crippen LogP contribution in [0.15, 0.2) is 90.1 Å². The zero-order chi connectivity index (χ0) is 30.2. The number of nitrogens with one attached hydrogen (secondary N) is 1. The van der Waals surface area contributed by atoms with E-state index in [4.69, 9.17) is 6.57 Å². The first-order valence-corrected chi connectivity index (χ1v) is 12.8. The molecule has 0 spiro atoms. The third-order valence-corrected chi connectivity index (χ3v) is 6.87. The molecule has 3 aromatic heterocycles.